The van der Waals surface area contributed by atoms with E-state index in [0.717, 1.165) is 25.0 Å². The molecule has 2 aliphatic rings. The Hall–Kier alpha value is -6.27. The third-order valence-corrected chi connectivity index (χ3v) is 12.1. The van der Waals surface area contributed by atoms with Crippen LogP contribution in [-0.4, -0.2) is 142 Å². The van der Waals surface area contributed by atoms with Crippen molar-refractivity contribution in [2.75, 3.05) is 107 Å². The van der Waals surface area contributed by atoms with E-state index in [9.17, 15) is 28.4 Å². The summed E-state index contributed by atoms with van der Waals surface area (Å²) in [4.78, 5) is 68.2. The van der Waals surface area contributed by atoms with Gasteiger partial charge in [0.15, 0.2) is 17.4 Å². The van der Waals surface area contributed by atoms with Crippen molar-refractivity contribution < 1.29 is 52.0 Å². The molecular weight excluding hydrogens is 930 g/mol. The first-order valence-electron chi connectivity index (χ1n) is 23.5. The van der Waals surface area contributed by atoms with E-state index in [4.69, 9.17) is 29.4 Å². The van der Waals surface area contributed by atoms with Crippen LogP contribution >= 0.6 is 11.8 Å². The maximum Gasteiger partial charge on any atom is 0.315 e. The van der Waals surface area contributed by atoms with Crippen LogP contribution in [0.25, 0.3) is 0 Å². The molecule has 3 heterocycles. The topological polar surface area (TPSA) is 280 Å². The molecule has 0 spiro atoms. The highest BCUT2D eigenvalue weighted by Crippen LogP contribution is 2.33. The number of thioether (sulfide) groups is 1. The van der Waals surface area contributed by atoms with Crippen molar-refractivity contribution in [3.63, 3.8) is 0 Å². The van der Waals surface area contributed by atoms with Gasteiger partial charge < -0.3 is 72.0 Å². The van der Waals surface area contributed by atoms with Crippen LogP contribution in [0.15, 0.2) is 61.3 Å². The zero-order valence-corrected chi connectivity index (χ0v) is 40.1. The first-order valence-corrected chi connectivity index (χ1v) is 24.5. The van der Waals surface area contributed by atoms with Crippen LogP contribution in [0.3, 0.4) is 0 Å². The number of hydrogen-bond acceptors (Lipinski definition) is 16. The van der Waals surface area contributed by atoms with E-state index in [1.54, 1.807) is 30.3 Å². The van der Waals surface area contributed by atoms with Crippen molar-refractivity contribution in [3.8, 4) is 5.75 Å². The summed E-state index contributed by atoms with van der Waals surface area (Å²) in [6.07, 6.45) is 6.95. The molecule has 0 radical (unpaired) electrons. The second-order valence-corrected chi connectivity index (χ2v) is 17.4. The number of carbonyl (C=O) groups excluding carboxylic acids is 5. The average Bonchev–Trinajstić information content (AvgIpc) is 3.90. The van der Waals surface area contributed by atoms with E-state index < -0.39 is 5.82 Å². The predicted octanol–water partition coefficient (Wildman–Crippen LogP) is 3.89. The molecule has 21 nitrogen and oxygen atoms in total. The Morgan fingerprint density at radius 2 is 1.39 bits per heavy atom. The van der Waals surface area contributed by atoms with Gasteiger partial charge >= 0.3 is 6.03 Å². The minimum absolute atomic E-state index is 0.0260. The van der Waals surface area contributed by atoms with Gasteiger partial charge in [-0.1, -0.05) is 12.6 Å². The summed E-state index contributed by atoms with van der Waals surface area (Å²) >= 11 is 1.85. The summed E-state index contributed by atoms with van der Waals surface area (Å²) in [5, 5.41) is 23.5. The first-order chi connectivity index (χ1) is 34.1. The lowest BCUT2D eigenvalue weighted by Gasteiger charge is -2.16. The van der Waals surface area contributed by atoms with Crippen molar-refractivity contribution in [3.05, 3.63) is 67.1 Å². The largest absolute Gasteiger partial charge is 0.488 e. The van der Waals surface area contributed by atoms with E-state index in [-0.39, 0.29) is 98.3 Å². The fourth-order valence-corrected chi connectivity index (χ4v) is 8.63. The van der Waals surface area contributed by atoms with E-state index >= 15 is 0 Å². The highest BCUT2D eigenvalue weighted by atomic mass is 32.2. The van der Waals surface area contributed by atoms with Gasteiger partial charge in [0.2, 0.25) is 29.6 Å². The fraction of sp³-hybridized carbons (Fsp3) is 0.511. The fourth-order valence-electron chi connectivity index (χ4n) is 7.08. The molecule has 5 rings (SSSR count). The monoisotopic (exact) mass is 995 g/mol. The lowest BCUT2D eigenvalue weighted by Crippen LogP contribution is -2.37. The number of aromatic nitrogens is 2. The zero-order chi connectivity index (χ0) is 49.8. The number of rotatable bonds is 35. The molecule has 0 bridgehead atoms. The van der Waals surface area contributed by atoms with Crippen LogP contribution in [0, 0.1) is 5.82 Å². The number of nitrogens with zero attached hydrogens (tertiary/aromatic N) is 2. The number of carbonyl (C=O) groups is 5. The summed E-state index contributed by atoms with van der Waals surface area (Å²) in [6.45, 7) is 7.98. The SMILES string of the molecule is C=CC(=O)Nc1cccc(Nc2nc(Nc3ccc(OCCOCCNC(=O)CCCC(=O)NCCCOCCOCCOCCCNC(=O)CCCC4SC[C@@H]5NC(=O)N[C@H]45)c(F)c3)ncc2N)c1. The Kier molecular flexibility index (Phi) is 24.3. The van der Waals surface area contributed by atoms with Crippen molar-refractivity contribution >= 4 is 75.9 Å². The van der Waals surface area contributed by atoms with Gasteiger partial charge in [0.1, 0.15) is 6.61 Å². The molecule has 1 unspecified atom stereocenters. The number of urea groups is 1. The average molecular weight is 996 g/mol. The molecule has 3 atom stereocenters. The maximum absolute atomic E-state index is 14.9. The van der Waals surface area contributed by atoms with Gasteiger partial charge in [-0.3, -0.25) is 19.2 Å². The Morgan fingerprint density at radius 1 is 0.757 bits per heavy atom. The van der Waals surface area contributed by atoms with E-state index in [1.165, 1.54) is 24.4 Å². The smallest absolute Gasteiger partial charge is 0.315 e. The number of nitrogen functional groups attached to an aromatic ring is 1. The van der Waals surface area contributed by atoms with Gasteiger partial charge in [0.05, 0.1) is 63.6 Å². The van der Waals surface area contributed by atoms with Crippen molar-refractivity contribution in [2.24, 2.45) is 0 Å². The van der Waals surface area contributed by atoms with Gasteiger partial charge in [-0.25, -0.2) is 14.2 Å². The van der Waals surface area contributed by atoms with Gasteiger partial charge in [0.25, 0.3) is 0 Å². The Balaban J connectivity index is 0.769. The van der Waals surface area contributed by atoms with Crippen molar-refractivity contribution in [1.29, 1.82) is 0 Å². The lowest BCUT2D eigenvalue weighted by molar-refractivity contribution is -0.123. The van der Waals surface area contributed by atoms with Gasteiger partial charge in [0, 0.05) is 86.2 Å². The summed E-state index contributed by atoms with van der Waals surface area (Å²) < 4.78 is 42.5. The molecule has 70 heavy (non-hydrogen) atoms. The molecule has 2 aromatic carbocycles. The van der Waals surface area contributed by atoms with Crippen molar-refractivity contribution in [1.82, 2.24) is 36.6 Å². The maximum atomic E-state index is 14.9. The van der Waals surface area contributed by atoms with Gasteiger partial charge in [-0.2, -0.15) is 16.7 Å². The number of fused-ring (bicyclic) bond motifs is 1. The molecule has 2 aliphatic heterocycles. The molecule has 0 aliphatic carbocycles. The number of benzene rings is 2. The Labute approximate surface area is 411 Å². The summed E-state index contributed by atoms with van der Waals surface area (Å²) in [6, 6.07) is 11.5. The van der Waals surface area contributed by atoms with Crippen molar-refractivity contribution in [2.45, 2.75) is 68.7 Å². The summed E-state index contributed by atoms with van der Waals surface area (Å²) in [5.74, 6) is 0.155. The number of ether oxygens (including phenoxy) is 5. The molecule has 23 heteroatoms. The molecule has 2 fully saturated rings. The lowest BCUT2D eigenvalue weighted by atomic mass is 10.0. The highest BCUT2D eigenvalue weighted by molar-refractivity contribution is 8.00. The molecule has 3 aromatic rings. The normalized spacial score (nSPS) is 15.8. The minimum Gasteiger partial charge on any atom is -0.488 e. The molecule has 382 valence electrons. The second kappa shape index (κ2) is 31.1. The van der Waals surface area contributed by atoms with Crippen LogP contribution in [-0.2, 0) is 38.1 Å². The van der Waals surface area contributed by atoms with E-state index in [1.807, 2.05) is 11.8 Å². The van der Waals surface area contributed by atoms with Crippen LogP contribution in [0.1, 0.15) is 51.4 Å². The number of nitrogens with two attached hydrogens (primary N) is 1. The number of halogens is 1. The third-order valence-electron chi connectivity index (χ3n) is 10.6. The standard InChI is InChI=1S/C47H66FN11O10S/c1-2-40(60)54-32-8-3-9-33(28-32)55-45-36(49)30-53-46(59-45)56-34-14-15-38(35(48)29-34)69-27-26-67-21-18-52-43(63)13-5-12-42(62)51-17-7-20-66-23-25-68-24-22-65-19-6-16-50-41(61)11-4-10-39-44-37(31-70-39)57-47(64)58-44/h2-3,8-9,14-15,28-30,37,39,44H,1,4-7,10-13,16-27,31,49H2,(H,50,61)(H,51,62)(H,52,63)(H,54,60)(H2,57,58,64)(H2,53,55,56,59)/t37-,39?,44-/m0/s1. The molecule has 10 N–H and O–H groups in total. The Bertz CT molecular complexity index is 2160. The van der Waals surface area contributed by atoms with Gasteiger partial charge in [-0.15, -0.1) is 0 Å². The molecule has 2 saturated heterocycles. The summed E-state index contributed by atoms with van der Waals surface area (Å²) in [7, 11) is 0. The van der Waals surface area contributed by atoms with Crippen LogP contribution < -0.4 is 53.0 Å². The van der Waals surface area contributed by atoms with Gasteiger partial charge in [-0.05, 0) is 68.5 Å². The second-order valence-electron chi connectivity index (χ2n) is 16.1. The number of nitrogens with one attached hydrogen (secondary N) is 8. The Morgan fingerprint density at radius 3 is 2.09 bits per heavy atom. The molecular formula is C47H66FN11O10S. The third kappa shape index (κ3) is 20.8. The molecule has 1 aromatic heterocycles. The minimum atomic E-state index is -0.613. The quantitative estimate of drug-likeness (QED) is 0.0230. The predicted molar refractivity (Wildman–Crippen MR) is 265 cm³/mol. The van der Waals surface area contributed by atoms with Crippen LogP contribution in [0.4, 0.5) is 43.7 Å². The van der Waals surface area contributed by atoms with E-state index in [2.05, 4.69) is 59.1 Å². The number of anilines is 6. The zero-order valence-electron chi connectivity index (χ0n) is 39.3. The molecule has 6 amide bonds. The summed E-state index contributed by atoms with van der Waals surface area (Å²) in [5.41, 5.74) is 7.87. The van der Waals surface area contributed by atoms with E-state index in [0.29, 0.717) is 100 Å². The first kappa shape index (κ1) is 54.7. The van der Waals surface area contributed by atoms with Crippen LogP contribution in [0.5, 0.6) is 5.75 Å². The number of amides is 6. The van der Waals surface area contributed by atoms with Crippen LogP contribution in [0.2, 0.25) is 0 Å². The molecule has 0 saturated carbocycles. The highest BCUT2D eigenvalue weighted by Gasteiger charge is 2.42. The number of hydrogen-bond donors (Lipinski definition) is 9.